The van der Waals surface area contributed by atoms with Crippen LogP contribution in [0.25, 0.3) is 0 Å². The monoisotopic (exact) mass is 267 g/mol. The van der Waals surface area contributed by atoms with Gasteiger partial charge in [0.05, 0.1) is 12.5 Å². The SMILES string of the molecule is C[C@H](Br)C(=O)Oc1ccccc1CC#N. The summed E-state index contributed by atoms with van der Waals surface area (Å²) < 4.78 is 5.12. The van der Waals surface area contributed by atoms with Crippen molar-refractivity contribution in [2.75, 3.05) is 0 Å². The van der Waals surface area contributed by atoms with Crippen LogP contribution in [0.3, 0.4) is 0 Å². The molecule has 0 saturated carbocycles. The molecule has 0 aliphatic rings. The molecule has 0 amide bonds. The van der Waals surface area contributed by atoms with Crippen molar-refractivity contribution in [1.82, 2.24) is 0 Å². The molecule has 78 valence electrons. The number of esters is 1. The van der Waals surface area contributed by atoms with E-state index in [4.69, 9.17) is 10.00 Å². The van der Waals surface area contributed by atoms with Crippen LogP contribution in [0.1, 0.15) is 12.5 Å². The highest BCUT2D eigenvalue weighted by Gasteiger charge is 2.13. The minimum Gasteiger partial charge on any atom is -0.425 e. The second-order valence-corrected chi connectivity index (χ2v) is 4.35. The molecule has 0 aliphatic heterocycles. The lowest BCUT2D eigenvalue weighted by Gasteiger charge is -2.08. The van der Waals surface area contributed by atoms with E-state index >= 15 is 0 Å². The topological polar surface area (TPSA) is 50.1 Å². The van der Waals surface area contributed by atoms with Gasteiger partial charge in [-0.2, -0.15) is 5.26 Å². The highest BCUT2D eigenvalue weighted by Crippen LogP contribution is 2.19. The van der Waals surface area contributed by atoms with Crippen LogP contribution in [-0.4, -0.2) is 10.8 Å². The number of hydrogen-bond acceptors (Lipinski definition) is 3. The third-order valence-electron chi connectivity index (χ3n) is 1.78. The lowest BCUT2D eigenvalue weighted by atomic mass is 10.1. The van der Waals surface area contributed by atoms with Crippen LogP contribution in [0.2, 0.25) is 0 Å². The van der Waals surface area contributed by atoms with E-state index in [1.54, 1.807) is 25.1 Å². The van der Waals surface area contributed by atoms with Crippen molar-refractivity contribution >= 4 is 21.9 Å². The normalized spacial score (nSPS) is 11.5. The molecule has 0 N–H and O–H groups in total. The van der Waals surface area contributed by atoms with Gasteiger partial charge < -0.3 is 4.74 Å². The summed E-state index contributed by atoms with van der Waals surface area (Å²) in [6, 6.07) is 9.05. The second kappa shape index (κ2) is 5.52. The molecule has 1 atom stereocenters. The molecule has 4 heteroatoms. The molecular formula is C11H10BrNO2. The molecule has 0 spiro atoms. The van der Waals surface area contributed by atoms with E-state index in [-0.39, 0.29) is 17.2 Å². The lowest BCUT2D eigenvalue weighted by molar-refractivity contribution is -0.133. The van der Waals surface area contributed by atoms with E-state index in [1.165, 1.54) is 0 Å². The molecule has 0 aromatic heterocycles. The first kappa shape index (κ1) is 11.7. The summed E-state index contributed by atoms with van der Waals surface area (Å²) in [7, 11) is 0. The Morgan fingerprint density at radius 1 is 1.60 bits per heavy atom. The summed E-state index contributed by atoms with van der Waals surface area (Å²) in [4.78, 5) is 11.0. The van der Waals surface area contributed by atoms with E-state index in [9.17, 15) is 4.79 Å². The van der Waals surface area contributed by atoms with E-state index in [0.717, 1.165) is 5.56 Å². The number of rotatable bonds is 3. The molecular weight excluding hydrogens is 258 g/mol. The Morgan fingerprint density at radius 3 is 2.87 bits per heavy atom. The van der Waals surface area contributed by atoms with Crippen LogP contribution >= 0.6 is 15.9 Å². The minimum atomic E-state index is -0.361. The Hall–Kier alpha value is -1.34. The fourth-order valence-electron chi connectivity index (χ4n) is 1.02. The number of benzene rings is 1. The largest absolute Gasteiger partial charge is 0.425 e. The maximum atomic E-state index is 11.3. The zero-order valence-corrected chi connectivity index (χ0v) is 9.82. The fraction of sp³-hybridized carbons (Fsp3) is 0.273. The number of ether oxygens (including phenoxy) is 1. The summed E-state index contributed by atoms with van der Waals surface area (Å²) >= 11 is 3.12. The molecule has 15 heavy (non-hydrogen) atoms. The zero-order chi connectivity index (χ0) is 11.3. The number of nitrogens with zero attached hydrogens (tertiary/aromatic N) is 1. The molecule has 0 radical (unpaired) electrons. The molecule has 1 aromatic rings. The van der Waals surface area contributed by atoms with Gasteiger partial charge in [0.15, 0.2) is 0 Å². The standard InChI is InChI=1S/C11H10BrNO2/c1-8(12)11(14)15-10-5-3-2-4-9(10)6-7-13/h2-5,8H,6H2,1H3/t8-/m0/s1. The van der Waals surface area contributed by atoms with Gasteiger partial charge in [-0.1, -0.05) is 34.1 Å². The van der Waals surface area contributed by atoms with E-state index in [2.05, 4.69) is 15.9 Å². The molecule has 0 aliphatic carbocycles. The summed E-state index contributed by atoms with van der Waals surface area (Å²) in [5, 5.41) is 8.59. The van der Waals surface area contributed by atoms with Crippen molar-refractivity contribution in [2.45, 2.75) is 18.2 Å². The summed E-state index contributed by atoms with van der Waals surface area (Å²) in [6.07, 6.45) is 0.236. The first-order valence-electron chi connectivity index (χ1n) is 4.45. The average molecular weight is 268 g/mol. The predicted octanol–water partition coefficient (Wildman–Crippen LogP) is 2.44. The number of carbonyl (C=O) groups excluding carboxylic acids is 1. The Morgan fingerprint density at radius 2 is 2.27 bits per heavy atom. The van der Waals surface area contributed by atoms with Gasteiger partial charge in [-0.25, -0.2) is 0 Å². The van der Waals surface area contributed by atoms with Gasteiger partial charge >= 0.3 is 5.97 Å². The first-order valence-corrected chi connectivity index (χ1v) is 5.37. The minimum absolute atomic E-state index is 0.236. The smallest absolute Gasteiger partial charge is 0.324 e. The quantitative estimate of drug-likeness (QED) is 0.480. The third-order valence-corrected chi connectivity index (χ3v) is 2.15. The molecule has 0 fully saturated rings. The van der Waals surface area contributed by atoms with E-state index in [0.29, 0.717) is 5.75 Å². The molecule has 0 unspecified atom stereocenters. The number of hydrogen-bond donors (Lipinski definition) is 0. The van der Waals surface area contributed by atoms with Crippen molar-refractivity contribution < 1.29 is 9.53 Å². The van der Waals surface area contributed by atoms with Crippen LogP contribution in [0.5, 0.6) is 5.75 Å². The van der Waals surface area contributed by atoms with Crippen LogP contribution in [0, 0.1) is 11.3 Å². The van der Waals surface area contributed by atoms with Crippen molar-refractivity contribution in [3.63, 3.8) is 0 Å². The number of para-hydroxylation sites is 1. The van der Waals surface area contributed by atoms with Gasteiger partial charge in [-0.15, -0.1) is 0 Å². The third kappa shape index (κ3) is 3.37. The first-order chi connectivity index (χ1) is 7.15. The summed E-state index contributed by atoms with van der Waals surface area (Å²) in [5.41, 5.74) is 0.724. The maximum Gasteiger partial charge on any atom is 0.324 e. The van der Waals surface area contributed by atoms with E-state index < -0.39 is 0 Å². The zero-order valence-electron chi connectivity index (χ0n) is 8.24. The Labute approximate surface area is 96.8 Å². The number of halogens is 1. The van der Waals surface area contributed by atoms with Gasteiger partial charge in [0.2, 0.25) is 0 Å². The summed E-state index contributed by atoms with van der Waals surface area (Å²) in [6.45, 7) is 1.69. The Balaban J connectivity index is 2.85. The fourth-order valence-corrected chi connectivity index (χ4v) is 1.12. The van der Waals surface area contributed by atoms with E-state index in [1.807, 2.05) is 12.1 Å². The molecule has 0 heterocycles. The van der Waals surface area contributed by atoms with Gasteiger partial charge in [0.25, 0.3) is 0 Å². The molecule has 0 bridgehead atoms. The predicted molar refractivity (Wildman–Crippen MR) is 59.8 cm³/mol. The van der Waals surface area contributed by atoms with Crippen molar-refractivity contribution in [1.29, 1.82) is 5.26 Å². The van der Waals surface area contributed by atoms with Crippen molar-refractivity contribution in [2.24, 2.45) is 0 Å². The van der Waals surface area contributed by atoms with Gasteiger partial charge in [-0.3, -0.25) is 4.79 Å². The van der Waals surface area contributed by atoms with Gasteiger partial charge in [0, 0.05) is 5.56 Å². The number of alkyl halides is 1. The second-order valence-electron chi connectivity index (χ2n) is 2.98. The Bertz CT molecular complexity index is 396. The van der Waals surface area contributed by atoms with Gasteiger partial charge in [-0.05, 0) is 13.0 Å². The van der Waals surface area contributed by atoms with Crippen LogP contribution < -0.4 is 4.74 Å². The van der Waals surface area contributed by atoms with Crippen molar-refractivity contribution in [3.8, 4) is 11.8 Å². The molecule has 1 rings (SSSR count). The highest BCUT2D eigenvalue weighted by molar-refractivity contribution is 9.10. The highest BCUT2D eigenvalue weighted by atomic mass is 79.9. The lowest BCUT2D eigenvalue weighted by Crippen LogP contribution is -2.17. The summed E-state index contributed by atoms with van der Waals surface area (Å²) in [5.74, 6) is 0.0933. The Kier molecular flexibility index (Phi) is 4.32. The van der Waals surface area contributed by atoms with Crippen LogP contribution in [-0.2, 0) is 11.2 Å². The van der Waals surface area contributed by atoms with Crippen molar-refractivity contribution in [3.05, 3.63) is 29.8 Å². The van der Waals surface area contributed by atoms with Gasteiger partial charge in [0.1, 0.15) is 10.6 Å². The number of carbonyl (C=O) groups is 1. The molecule has 0 saturated heterocycles. The molecule has 3 nitrogen and oxygen atoms in total. The molecule has 1 aromatic carbocycles. The number of nitriles is 1. The average Bonchev–Trinajstić information content (AvgIpc) is 2.21. The van der Waals surface area contributed by atoms with Crippen LogP contribution in [0.15, 0.2) is 24.3 Å². The van der Waals surface area contributed by atoms with Crippen LogP contribution in [0.4, 0.5) is 0 Å². The maximum absolute atomic E-state index is 11.3.